The van der Waals surface area contributed by atoms with E-state index in [4.69, 9.17) is 5.73 Å². The molecule has 2 rings (SSSR count). The second-order valence-electron chi connectivity index (χ2n) is 3.04. The molecule has 0 heterocycles. The Kier molecular flexibility index (Phi) is 2.41. The lowest BCUT2D eigenvalue weighted by Crippen LogP contribution is -2.10. The molecule has 0 atom stereocenters. The average Bonchev–Trinajstić information content (AvgIpc) is 2.17. The van der Waals surface area contributed by atoms with Gasteiger partial charge in [-0.2, -0.15) is 0 Å². The van der Waals surface area contributed by atoms with Crippen molar-refractivity contribution >= 4 is 39.3 Å². The van der Waals surface area contributed by atoms with Crippen LogP contribution in [0.25, 0.3) is 10.8 Å². The summed E-state index contributed by atoms with van der Waals surface area (Å²) in [5, 5.41) is 2.20. The van der Waals surface area contributed by atoms with Gasteiger partial charge in [0, 0.05) is 9.13 Å². The van der Waals surface area contributed by atoms with Gasteiger partial charge in [0.05, 0.1) is 0 Å². The standard InChI is InChI=1S/C11H8INO/c12-10-3-1-2-7-6-8(11(13)14)4-5-9(7)10/h1-6H,(H2,13,14). The summed E-state index contributed by atoms with van der Waals surface area (Å²) in [6.45, 7) is 0. The number of carbonyl (C=O) groups is 1. The molecule has 0 fully saturated rings. The van der Waals surface area contributed by atoms with Gasteiger partial charge in [-0.1, -0.05) is 18.2 Å². The summed E-state index contributed by atoms with van der Waals surface area (Å²) < 4.78 is 1.18. The lowest BCUT2D eigenvalue weighted by atomic mass is 10.1. The number of fused-ring (bicyclic) bond motifs is 1. The first-order valence-corrected chi connectivity index (χ1v) is 5.24. The highest BCUT2D eigenvalue weighted by Crippen LogP contribution is 2.21. The first-order valence-electron chi connectivity index (χ1n) is 4.16. The summed E-state index contributed by atoms with van der Waals surface area (Å²) in [4.78, 5) is 10.9. The average molecular weight is 297 g/mol. The third-order valence-electron chi connectivity index (χ3n) is 2.11. The second kappa shape index (κ2) is 3.57. The van der Waals surface area contributed by atoms with E-state index in [0.29, 0.717) is 5.56 Å². The van der Waals surface area contributed by atoms with E-state index in [1.807, 2.05) is 30.3 Å². The molecule has 70 valence electrons. The Labute approximate surface area is 95.2 Å². The fourth-order valence-corrected chi connectivity index (χ4v) is 2.10. The molecule has 0 aliphatic rings. The van der Waals surface area contributed by atoms with E-state index in [0.717, 1.165) is 10.8 Å². The number of primary amides is 1. The van der Waals surface area contributed by atoms with Crippen LogP contribution in [0.2, 0.25) is 0 Å². The molecule has 2 N–H and O–H groups in total. The highest BCUT2D eigenvalue weighted by atomic mass is 127. The fourth-order valence-electron chi connectivity index (χ4n) is 1.40. The van der Waals surface area contributed by atoms with Crippen LogP contribution in [0.3, 0.4) is 0 Å². The summed E-state index contributed by atoms with van der Waals surface area (Å²) in [5.41, 5.74) is 5.76. The van der Waals surface area contributed by atoms with E-state index in [2.05, 4.69) is 22.6 Å². The van der Waals surface area contributed by atoms with E-state index in [9.17, 15) is 4.79 Å². The predicted octanol–water partition coefficient (Wildman–Crippen LogP) is 2.54. The molecule has 0 aromatic heterocycles. The van der Waals surface area contributed by atoms with Gasteiger partial charge in [-0.05, 0) is 51.6 Å². The van der Waals surface area contributed by atoms with Crippen molar-refractivity contribution in [3.63, 3.8) is 0 Å². The third-order valence-corrected chi connectivity index (χ3v) is 3.05. The largest absolute Gasteiger partial charge is 0.366 e. The first-order chi connectivity index (χ1) is 6.68. The minimum atomic E-state index is -0.384. The molecule has 14 heavy (non-hydrogen) atoms. The number of benzene rings is 2. The maximum Gasteiger partial charge on any atom is 0.248 e. The minimum absolute atomic E-state index is 0.384. The monoisotopic (exact) mass is 297 g/mol. The maximum atomic E-state index is 10.9. The summed E-state index contributed by atoms with van der Waals surface area (Å²) in [7, 11) is 0. The number of amides is 1. The van der Waals surface area contributed by atoms with Crippen LogP contribution < -0.4 is 5.73 Å². The van der Waals surface area contributed by atoms with Gasteiger partial charge in [0.25, 0.3) is 0 Å². The Morgan fingerprint density at radius 1 is 1.21 bits per heavy atom. The van der Waals surface area contributed by atoms with Gasteiger partial charge < -0.3 is 5.73 Å². The predicted molar refractivity (Wildman–Crippen MR) is 65.2 cm³/mol. The fraction of sp³-hybridized carbons (Fsp3) is 0. The van der Waals surface area contributed by atoms with Crippen molar-refractivity contribution in [2.45, 2.75) is 0 Å². The van der Waals surface area contributed by atoms with Crippen molar-refractivity contribution in [2.75, 3.05) is 0 Å². The van der Waals surface area contributed by atoms with Crippen molar-refractivity contribution < 1.29 is 4.79 Å². The maximum absolute atomic E-state index is 10.9. The summed E-state index contributed by atoms with van der Waals surface area (Å²) in [5.74, 6) is -0.384. The van der Waals surface area contributed by atoms with Crippen LogP contribution in [-0.4, -0.2) is 5.91 Å². The van der Waals surface area contributed by atoms with E-state index in [1.165, 1.54) is 3.57 Å². The first kappa shape index (κ1) is 9.45. The number of rotatable bonds is 1. The minimum Gasteiger partial charge on any atom is -0.366 e. The van der Waals surface area contributed by atoms with Crippen LogP contribution in [0.15, 0.2) is 36.4 Å². The van der Waals surface area contributed by atoms with Gasteiger partial charge in [0.2, 0.25) is 5.91 Å². The van der Waals surface area contributed by atoms with Crippen molar-refractivity contribution in [1.29, 1.82) is 0 Å². The van der Waals surface area contributed by atoms with E-state index < -0.39 is 0 Å². The molecule has 1 amide bonds. The third kappa shape index (κ3) is 1.59. The molecule has 2 nitrogen and oxygen atoms in total. The molecule has 0 saturated carbocycles. The Morgan fingerprint density at radius 2 is 2.00 bits per heavy atom. The molecule has 0 spiro atoms. The Hall–Kier alpha value is -1.10. The second-order valence-corrected chi connectivity index (χ2v) is 4.20. The lowest BCUT2D eigenvalue weighted by Gasteiger charge is -2.01. The number of carbonyl (C=O) groups excluding carboxylic acids is 1. The van der Waals surface area contributed by atoms with Crippen molar-refractivity contribution in [3.05, 3.63) is 45.5 Å². The Balaban J connectivity index is 2.73. The van der Waals surface area contributed by atoms with Crippen molar-refractivity contribution in [3.8, 4) is 0 Å². The van der Waals surface area contributed by atoms with Crippen LogP contribution in [0.1, 0.15) is 10.4 Å². The molecule has 2 aromatic rings. The van der Waals surface area contributed by atoms with Gasteiger partial charge in [-0.25, -0.2) is 0 Å². The SMILES string of the molecule is NC(=O)c1ccc2c(I)cccc2c1. The van der Waals surface area contributed by atoms with E-state index in [-0.39, 0.29) is 5.91 Å². The highest BCUT2D eigenvalue weighted by Gasteiger charge is 2.02. The zero-order valence-corrected chi connectivity index (χ0v) is 9.49. The topological polar surface area (TPSA) is 43.1 Å². The molecule has 3 heteroatoms. The smallest absolute Gasteiger partial charge is 0.248 e. The van der Waals surface area contributed by atoms with Crippen LogP contribution in [0, 0.1) is 3.57 Å². The van der Waals surface area contributed by atoms with Crippen LogP contribution >= 0.6 is 22.6 Å². The van der Waals surface area contributed by atoms with Crippen LogP contribution in [-0.2, 0) is 0 Å². The summed E-state index contributed by atoms with van der Waals surface area (Å²) in [6.07, 6.45) is 0. The molecule has 0 aliphatic carbocycles. The summed E-state index contributed by atoms with van der Waals surface area (Å²) >= 11 is 2.27. The molecular weight excluding hydrogens is 289 g/mol. The van der Waals surface area contributed by atoms with E-state index in [1.54, 1.807) is 6.07 Å². The Bertz CT molecular complexity index is 508. The molecule has 2 aromatic carbocycles. The van der Waals surface area contributed by atoms with Gasteiger partial charge in [0.15, 0.2) is 0 Å². The van der Waals surface area contributed by atoms with Crippen LogP contribution in [0.4, 0.5) is 0 Å². The number of nitrogens with two attached hydrogens (primary N) is 1. The van der Waals surface area contributed by atoms with E-state index >= 15 is 0 Å². The normalized spacial score (nSPS) is 10.4. The molecular formula is C11H8INO. The Morgan fingerprint density at radius 3 is 2.71 bits per heavy atom. The zero-order chi connectivity index (χ0) is 10.1. The molecule has 0 bridgehead atoms. The lowest BCUT2D eigenvalue weighted by molar-refractivity contribution is 0.100. The number of halogens is 1. The molecule has 0 aliphatic heterocycles. The quantitative estimate of drug-likeness (QED) is 0.808. The van der Waals surface area contributed by atoms with Gasteiger partial charge in [0.1, 0.15) is 0 Å². The molecule has 0 radical (unpaired) electrons. The van der Waals surface area contributed by atoms with Crippen molar-refractivity contribution in [2.24, 2.45) is 5.73 Å². The summed E-state index contributed by atoms with van der Waals surface area (Å²) in [6, 6.07) is 11.5. The van der Waals surface area contributed by atoms with Crippen LogP contribution in [0.5, 0.6) is 0 Å². The number of hydrogen-bond donors (Lipinski definition) is 1. The van der Waals surface area contributed by atoms with Gasteiger partial charge in [-0.15, -0.1) is 0 Å². The highest BCUT2D eigenvalue weighted by molar-refractivity contribution is 14.1. The molecule has 0 saturated heterocycles. The van der Waals surface area contributed by atoms with Gasteiger partial charge in [-0.3, -0.25) is 4.79 Å². The zero-order valence-electron chi connectivity index (χ0n) is 7.33. The van der Waals surface area contributed by atoms with Crippen molar-refractivity contribution in [1.82, 2.24) is 0 Å². The van der Waals surface area contributed by atoms with Gasteiger partial charge >= 0.3 is 0 Å². The molecule has 0 unspecified atom stereocenters. The number of hydrogen-bond acceptors (Lipinski definition) is 1.